The van der Waals surface area contributed by atoms with Crippen molar-refractivity contribution in [3.63, 3.8) is 0 Å². The lowest BCUT2D eigenvalue weighted by Gasteiger charge is -2.32. The average molecular weight is 444 g/mol. The van der Waals surface area contributed by atoms with Crippen molar-refractivity contribution >= 4 is 11.8 Å². The summed E-state index contributed by atoms with van der Waals surface area (Å²) in [5.74, 6) is 0.525. The van der Waals surface area contributed by atoms with E-state index in [2.05, 4.69) is 15.5 Å². The molecule has 0 radical (unpaired) electrons. The highest BCUT2D eigenvalue weighted by molar-refractivity contribution is 5.95. The molecule has 2 N–H and O–H groups in total. The van der Waals surface area contributed by atoms with Crippen LogP contribution in [0.3, 0.4) is 0 Å². The Bertz CT molecular complexity index is 1150. The number of aromatic amines is 1. The van der Waals surface area contributed by atoms with E-state index in [0.717, 1.165) is 11.3 Å². The number of amides is 2. The molecular weight excluding hydrogens is 418 g/mol. The van der Waals surface area contributed by atoms with E-state index in [4.69, 9.17) is 10.00 Å². The molecule has 2 amide bonds. The van der Waals surface area contributed by atoms with Crippen LogP contribution in [0.1, 0.15) is 46.2 Å². The highest BCUT2D eigenvalue weighted by Gasteiger charge is 2.26. The van der Waals surface area contributed by atoms with Crippen molar-refractivity contribution in [2.75, 3.05) is 19.7 Å². The van der Waals surface area contributed by atoms with Gasteiger partial charge in [-0.25, -0.2) is 0 Å². The Morgan fingerprint density at radius 1 is 1.15 bits per heavy atom. The highest BCUT2D eigenvalue weighted by atomic mass is 16.5. The van der Waals surface area contributed by atoms with Crippen molar-refractivity contribution in [2.24, 2.45) is 0 Å². The molecule has 0 spiro atoms. The first-order valence-electron chi connectivity index (χ1n) is 11.0. The molecule has 8 heteroatoms. The maximum atomic E-state index is 12.9. The Balaban J connectivity index is 1.31. The van der Waals surface area contributed by atoms with E-state index < -0.39 is 0 Å². The lowest BCUT2D eigenvalue weighted by Crippen LogP contribution is -2.46. The van der Waals surface area contributed by atoms with Gasteiger partial charge in [-0.3, -0.25) is 14.7 Å². The van der Waals surface area contributed by atoms with E-state index in [-0.39, 0.29) is 17.9 Å². The number of aromatic nitrogens is 2. The minimum Gasteiger partial charge on any atom is -0.494 e. The summed E-state index contributed by atoms with van der Waals surface area (Å²) in [6.45, 7) is 3.64. The van der Waals surface area contributed by atoms with E-state index in [1.165, 1.54) is 0 Å². The molecule has 3 aromatic rings. The van der Waals surface area contributed by atoms with Gasteiger partial charge in [-0.2, -0.15) is 10.4 Å². The van der Waals surface area contributed by atoms with E-state index in [1.54, 1.807) is 35.2 Å². The molecular formula is C25H25N5O3. The number of carbonyl (C=O) groups excluding carboxylic acids is 2. The van der Waals surface area contributed by atoms with Crippen molar-refractivity contribution in [2.45, 2.75) is 25.8 Å². The van der Waals surface area contributed by atoms with Gasteiger partial charge in [0.05, 0.1) is 23.9 Å². The third-order valence-electron chi connectivity index (χ3n) is 5.66. The van der Waals surface area contributed by atoms with Gasteiger partial charge in [-0.15, -0.1) is 0 Å². The summed E-state index contributed by atoms with van der Waals surface area (Å²) in [4.78, 5) is 27.1. The molecule has 4 rings (SSSR count). The molecule has 1 aromatic heterocycles. The molecule has 33 heavy (non-hydrogen) atoms. The summed E-state index contributed by atoms with van der Waals surface area (Å²) in [6, 6.07) is 17.9. The summed E-state index contributed by atoms with van der Waals surface area (Å²) in [5.41, 5.74) is 3.08. The first kappa shape index (κ1) is 22.1. The number of piperidine rings is 1. The zero-order valence-corrected chi connectivity index (χ0v) is 18.4. The van der Waals surface area contributed by atoms with Crippen LogP contribution in [-0.2, 0) is 0 Å². The molecule has 0 bridgehead atoms. The van der Waals surface area contributed by atoms with Crippen molar-refractivity contribution in [1.29, 1.82) is 5.26 Å². The number of nitriles is 1. The van der Waals surface area contributed by atoms with E-state index in [0.29, 0.717) is 55.1 Å². The van der Waals surface area contributed by atoms with Crippen molar-refractivity contribution in [3.8, 4) is 23.1 Å². The molecule has 8 nitrogen and oxygen atoms in total. The number of hydrogen-bond acceptors (Lipinski definition) is 5. The normalized spacial score (nSPS) is 13.9. The summed E-state index contributed by atoms with van der Waals surface area (Å²) in [5, 5.41) is 19.0. The van der Waals surface area contributed by atoms with Crippen molar-refractivity contribution < 1.29 is 14.3 Å². The molecule has 168 valence electrons. The third kappa shape index (κ3) is 5.21. The van der Waals surface area contributed by atoms with Crippen LogP contribution in [0.15, 0.2) is 54.6 Å². The molecule has 1 aliphatic rings. The van der Waals surface area contributed by atoms with E-state index in [9.17, 15) is 9.59 Å². The molecule has 0 saturated carbocycles. The fraction of sp³-hybridized carbons (Fsp3) is 0.280. The number of carbonyl (C=O) groups is 2. The van der Waals surface area contributed by atoms with Crippen molar-refractivity contribution in [3.05, 3.63) is 71.4 Å². The number of rotatable bonds is 6. The minimum atomic E-state index is -0.169. The Morgan fingerprint density at radius 2 is 1.85 bits per heavy atom. The smallest absolute Gasteiger partial charge is 0.271 e. The Labute approximate surface area is 192 Å². The predicted molar refractivity (Wildman–Crippen MR) is 123 cm³/mol. The Hall–Kier alpha value is -4.12. The topological polar surface area (TPSA) is 111 Å². The predicted octanol–water partition coefficient (Wildman–Crippen LogP) is 3.38. The van der Waals surface area contributed by atoms with Crippen LogP contribution in [0.5, 0.6) is 5.75 Å². The molecule has 1 saturated heterocycles. The number of nitrogens with one attached hydrogen (secondary N) is 2. The first-order valence-corrected chi connectivity index (χ1v) is 11.0. The SMILES string of the molecule is CCOc1ccc(-c2cc(C(=O)N3CCC(NC(=O)c4ccc(C#N)cc4)CC3)[nH]n2)cc1. The second kappa shape index (κ2) is 10.0. The van der Waals surface area contributed by atoms with Crippen LogP contribution >= 0.6 is 0 Å². The summed E-state index contributed by atoms with van der Waals surface area (Å²) >= 11 is 0. The number of benzene rings is 2. The third-order valence-corrected chi connectivity index (χ3v) is 5.66. The summed E-state index contributed by atoms with van der Waals surface area (Å²) < 4.78 is 5.46. The average Bonchev–Trinajstić information content (AvgIpc) is 3.35. The van der Waals surface area contributed by atoms with Crippen molar-refractivity contribution in [1.82, 2.24) is 20.4 Å². The highest BCUT2D eigenvalue weighted by Crippen LogP contribution is 2.22. The minimum absolute atomic E-state index is 0.00150. The van der Waals surface area contributed by atoms with Gasteiger partial charge in [0.1, 0.15) is 11.4 Å². The van der Waals surface area contributed by atoms with Crippen LogP contribution in [0.2, 0.25) is 0 Å². The van der Waals surface area contributed by atoms with E-state index in [1.807, 2.05) is 37.3 Å². The van der Waals surface area contributed by atoms with Crippen LogP contribution in [-0.4, -0.2) is 52.6 Å². The Kier molecular flexibility index (Phi) is 6.69. The van der Waals surface area contributed by atoms with Gasteiger partial charge < -0.3 is 15.0 Å². The molecule has 1 fully saturated rings. The number of nitrogens with zero attached hydrogens (tertiary/aromatic N) is 3. The van der Waals surface area contributed by atoms with Gasteiger partial charge >= 0.3 is 0 Å². The maximum absolute atomic E-state index is 12.9. The largest absolute Gasteiger partial charge is 0.494 e. The second-order valence-corrected chi connectivity index (χ2v) is 7.85. The van der Waals surface area contributed by atoms with Gasteiger partial charge in [0.15, 0.2) is 0 Å². The maximum Gasteiger partial charge on any atom is 0.271 e. The van der Waals surface area contributed by atoms with Gasteiger partial charge in [0.25, 0.3) is 11.8 Å². The van der Waals surface area contributed by atoms with Crippen LogP contribution in [0.4, 0.5) is 0 Å². The summed E-state index contributed by atoms with van der Waals surface area (Å²) in [6.07, 6.45) is 1.35. The lowest BCUT2D eigenvalue weighted by molar-refractivity contribution is 0.0692. The fourth-order valence-corrected chi connectivity index (χ4v) is 3.83. The standard InChI is InChI=1S/C25H25N5O3/c1-2-33-21-9-7-18(8-10-21)22-15-23(29-28-22)25(32)30-13-11-20(12-14-30)27-24(31)19-5-3-17(16-26)4-6-19/h3-10,15,20H,2,11-14H2,1H3,(H,27,31)(H,28,29). The molecule has 2 aromatic carbocycles. The van der Waals surface area contributed by atoms with Crippen LogP contribution in [0.25, 0.3) is 11.3 Å². The van der Waals surface area contributed by atoms with Gasteiger partial charge in [0, 0.05) is 30.3 Å². The van der Waals surface area contributed by atoms with E-state index >= 15 is 0 Å². The van der Waals surface area contributed by atoms with Gasteiger partial charge in [0.2, 0.25) is 0 Å². The monoisotopic (exact) mass is 443 g/mol. The zero-order chi connectivity index (χ0) is 23.2. The fourth-order valence-electron chi connectivity index (χ4n) is 3.83. The number of ether oxygens (including phenoxy) is 1. The van der Waals surface area contributed by atoms with Gasteiger partial charge in [-0.1, -0.05) is 0 Å². The molecule has 0 aliphatic carbocycles. The zero-order valence-electron chi connectivity index (χ0n) is 18.4. The second-order valence-electron chi connectivity index (χ2n) is 7.85. The Morgan fingerprint density at radius 3 is 2.48 bits per heavy atom. The summed E-state index contributed by atoms with van der Waals surface area (Å²) in [7, 11) is 0. The molecule has 0 unspecified atom stereocenters. The number of hydrogen-bond donors (Lipinski definition) is 2. The molecule has 2 heterocycles. The van der Waals surface area contributed by atoms with Gasteiger partial charge in [-0.05, 0) is 74.4 Å². The number of likely N-dealkylation sites (tertiary alicyclic amines) is 1. The van der Waals surface area contributed by atoms with Crippen LogP contribution < -0.4 is 10.1 Å². The molecule has 0 atom stereocenters. The van der Waals surface area contributed by atoms with Crippen LogP contribution in [0, 0.1) is 11.3 Å². The quantitative estimate of drug-likeness (QED) is 0.607. The first-order chi connectivity index (χ1) is 16.1. The lowest BCUT2D eigenvalue weighted by atomic mass is 10.0. The number of H-pyrrole nitrogens is 1. The molecule has 1 aliphatic heterocycles.